The molecule has 2 aromatic rings. The van der Waals surface area contributed by atoms with Gasteiger partial charge in [0.1, 0.15) is 17.6 Å². The fourth-order valence-corrected chi connectivity index (χ4v) is 3.03. The summed E-state index contributed by atoms with van der Waals surface area (Å²) in [4.78, 5) is 26.9. The van der Waals surface area contributed by atoms with Gasteiger partial charge >= 0.3 is 0 Å². The molecular weight excluding hydrogens is 430 g/mol. The van der Waals surface area contributed by atoms with Crippen LogP contribution >= 0.6 is 23.2 Å². The van der Waals surface area contributed by atoms with Crippen molar-refractivity contribution in [3.8, 4) is 5.75 Å². The number of hydrogen-bond donors (Lipinski definition) is 1. The molecule has 0 saturated heterocycles. The number of ether oxygens (including phenoxy) is 1. The van der Waals surface area contributed by atoms with Crippen molar-refractivity contribution in [2.45, 2.75) is 39.3 Å². The van der Waals surface area contributed by atoms with Gasteiger partial charge in [-0.2, -0.15) is 0 Å². The highest BCUT2D eigenvalue weighted by Crippen LogP contribution is 2.24. The summed E-state index contributed by atoms with van der Waals surface area (Å²) in [5.74, 6) is -0.672. The van der Waals surface area contributed by atoms with E-state index in [1.54, 1.807) is 25.1 Å². The maximum absolute atomic E-state index is 13.0. The third-order valence-electron chi connectivity index (χ3n) is 4.51. The summed E-state index contributed by atoms with van der Waals surface area (Å²) in [5, 5.41) is 3.61. The lowest BCUT2D eigenvalue weighted by atomic mass is 10.1. The number of halogens is 3. The standard InChI is InChI=1S/C22H25Cl2FN2O3/c1-3-4-11-26-22(29)15(2)27(13-16-5-10-19(23)20(24)12-16)21(28)14-30-18-8-6-17(25)7-9-18/h5-10,12,15H,3-4,11,13-14H2,1-2H3,(H,26,29). The predicted molar refractivity (Wildman–Crippen MR) is 116 cm³/mol. The molecule has 0 aromatic heterocycles. The second-order valence-corrected chi connectivity index (χ2v) is 7.65. The van der Waals surface area contributed by atoms with Crippen molar-refractivity contribution in [2.75, 3.05) is 13.2 Å². The van der Waals surface area contributed by atoms with Gasteiger partial charge in [0, 0.05) is 13.1 Å². The van der Waals surface area contributed by atoms with Gasteiger partial charge < -0.3 is 15.0 Å². The molecule has 0 spiro atoms. The van der Waals surface area contributed by atoms with Gasteiger partial charge in [-0.05, 0) is 55.3 Å². The molecule has 0 radical (unpaired) electrons. The number of rotatable bonds is 10. The lowest BCUT2D eigenvalue weighted by molar-refractivity contribution is -0.142. The average molecular weight is 455 g/mol. The summed E-state index contributed by atoms with van der Waals surface area (Å²) in [6.07, 6.45) is 1.80. The van der Waals surface area contributed by atoms with Crippen LogP contribution in [0.4, 0.5) is 4.39 Å². The number of carbonyl (C=O) groups is 2. The fourth-order valence-electron chi connectivity index (χ4n) is 2.71. The minimum absolute atomic E-state index is 0.158. The van der Waals surface area contributed by atoms with E-state index in [0.29, 0.717) is 22.3 Å². The Morgan fingerprint density at radius 2 is 1.83 bits per heavy atom. The summed E-state index contributed by atoms with van der Waals surface area (Å²) < 4.78 is 18.5. The van der Waals surface area contributed by atoms with Crippen molar-refractivity contribution >= 4 is 35.0 Å². The maximum atomic E-state index is 13.0. The zero-order valence-corrected chi connectivity index (χ0v) is 18.5. The Balaban J connectivity index is 2.13. The molecule has 1 atom stereocenters. The second kappa shape index (κ2) is 11.8. The van der Waals surface area contributed by atoms with E-state index in [0.717, 1.165) is 18.4 Å². The van der Waals surface area contributed by atoms with E-state index in [1.807, 2.05) is 6.92 Å². The molecule has 0 aliphatic heterocycles. The number of benzene rings is 2. The van der Waals surface area contributed by atoms with Gasteiger partial charge in [0.15, 0.2) is 6.61 Å². The molecule has 0 fully saturated rings. The SMILES string of the molecule is CCCCNC(=O)C(C)N(Cc1ccc(Cl)c(Cl)c1)C(=O)COc1ccc(F)cc1. The molecule has 0 aliphatic carbocycles. The maximum Gasteiger partial charge on any atom is 0.261 e. The van der Waals surface area contributed by atoms with Gasteiger partial charge in [0.05, 0.1) is 10.0 Å². The number of hydrogen-bond acceptors (Lipinski definition) is 3. The fraction of sp³-hybridized carbons (Fsp3) is 0.364. The molecule has 5 nitrogen and oxygen atoms in total. The third kappa shape index (κ3) is 7.18. The predicted octanol–water partition coefficient (Wildman–Crippen LogP) is 4.84. The Labute approximate surface area is 186 Å². The smallest absolute Gasteiger partial charge is 0.261 e. The molecule has 8 heteroatoms. The molecule has 2 aromatic carbocycles. The monoisotopic (exact) mass is 454 g/mol. The number of unbranched alkanes of at least 4 members (excludes halogenated alkanes) is 1. The van der Waals surface area contributed by atoms with Gasteiger partial charge in [-0.1, -0.05) is 42.6 Å². The van der Waals surface area contributed by atoms with Crippen molar-refractivity contribution in [1.82, 2.24) is 10.2 Å². The van der Waals surface area contributed by atoms with Crippen molar-refractivity contribution < 1.29 is 18.7 Å². The van der Waals surface area contributed by atoms with E-state index in [1.165, 1.54) is 29.2 Å². The molecule has 0 heterocycles. The molecule has 1 unspecified atom stereocenters. The quantitative estimate of drug-likeness (QED) is 0.522. The van der Waals surface area contributed by atoms with E-state index in [2.05, 4.69) is 5.32 Å². The Hall–Kier alpha value is -2.31. The highest BCUT2D eigenvalue weighted by molar-refractivity contribution is 6.42. The molecule has 2 rings (SSSR count). The van der Waals surface area contributed by atoms with Gasteiger partial charge in [-0.15, -0.1) is 0 Å². The van der Waals surface area contributed by atoms with Crippen LogP contribution in [0.2, 0.25) is 10.0 Å². The number of nitrogens with zero attached hydrogens (tertiary/aromatic N) is 1. The zero-order valence-electron chi connectivity index (χ0n) is 17.0. The van der Waals surface area contributed by atoms with Crippen LogP contribution < -0.4 is 10.1 Å². The minimum Gasteiger partial charge on any atom is -0.484 e. The molecular formula is C22H25Cl2FN2O3. The van der Waals surface area contributed by atoms with Crippen LogP contribution in [0.15, 0.2) is 42.5 Å². The van der Waals surface area contributed by atoms with Crippen LogP contribution in [0.25, 0.3) is 0 Å². The van der Waals surface area contributed by atoms with Crippen LogP contribution in [0, 0.1) is 5.82 Å². The van der Waals surface area contributed by atoms with Gasteiger partial charge in [0.2, 0.25) is 5.91 Å². The lowest BCUT2D eigenvalue weighted by Gasteiger charge is -2.29. The third-order valence-corrected chi connectivity index (χ3v) is 5.25. The number of carbonyl (C=O) groups excluding carboxylic acids is 2. The summed E-state index contributed by atoms with van der Waals surface area (Å²) >= 11 is 12.1. The molecule has 30 heavy (non-hydrogen) atoms. The topological polar surface area (TPSA) is 58.6 Å². The van der Waals surface area contributed by atoms with Crippen molar-refractivity contribution in [1.29, 1.82) is 0 Å². The first-order valence-electron chi connectivity index (χ1n) is 9.71. The van der Waals surface area contributed by atoms with Gasteiger partial charge in [-0.25, -0.2) is 4.39 Å². The largest absolute Gasteiger partial charge is 0.484 e. The van der Waals surface area contributed by atoms with Crippen LogP contribution in [-0.4, -0.2) is 35.9 Å². The number of nitrogens with one attached hydrogen (secondary N) is 1. The van der Waals surface area contributed by atoms with E-state index >= 15 is 0 Å². The number of amides is 2. The molecule has 0 saturated carbocycles. The Bertz CT molecular complexity index is 862. The Kier molecular flexibility index (Phi) is 9.40. The summed E-state index contributed by atoms with van der Waals surface area (Å²) in [6, 6.07) is 9.70. The average Bonchev–Trinajstić information content (AvgIpc) is 2.73. The summed E-state index contributed by atoms with van der Waals surface area (Å²) in [7, 11) is 0. The van der Waals surface area contributed by atoms with Crippen LogP contribution in [-0.2, 0) is 16.1 Å². The van der Waals surface area contributed by atoms with Crippen molar-refractivity contribution in [2.24, 2.45) is 0 Å². The van der Waals surface area contributed by atoms with Gasteiger partial charge in [-0.3, -0.25) is 9.59 Å². The van der Waals surface area contributed by atoms with Gasteiger partial charge in [0.25, 0.3) is 5.91 Å². The first-order valence-corrected chi connectivity index (χ1v) is 10.5. The molecule has 0 bridgehead atoms. The molecule has 1 N–H and O–H groups in total. The first-order chi connectivity index (χ1) is 14.3. The minimum atomic E-state index is -0.722. The van der Waals surface area contributed by atoms with Crippen molar-refractivity contribution in [3.63, 3.8) is 0 Å². The Morgan fingerprint density at radius 1 is 1.13 bits per heavy atom. The molecule has 0 aliphatic rings. The van der Waals surface area contributed by atoms with E-state index in [9.17, 15) is 14.0 Å². The Morgan fingerprint density at radius 3 is 2.47 bits per heavy atom. The van der Waals surface area contributed by atoms with Crippen LogP contribution in [0.5, 0.6) is 5.75 Å². The zero-order chi connectivity index (χ0) is 22.1. The normalized spacial score (nSPS) is 11.6. The van der Waals surface area contributed by atoms with Crippen LogP contribution in [0.3, 0.4) is 0 Å². The second-order valence-electron chi connectivity index (χ2n) is 6.83. The first kappa shape index (κ1) is 24.0. The lowest BCUT2D eigenvalue weighted by Crippen LogP contribution is -2.49. The van der Waals surface area contributed by atoms with E-state index < -0.39 is 11.9 Å². The molecule has 2 amide bonds. The van der Waals surface area contributed by atoms with E-state index in [4.69, 9.17) is 27.9 Å². The van der Waals surface area contributed by atoms with E-state index in [-0.39, 0.29) is 25.0 Å². The van der Waals surface area contributed by atoms with Crippen molar-refractivity contribution in [3.05, 3.63) is 63.9 Å². The highest BCUT2D eigenvalue weighted by Gasteiger charge is 2.26. The summed E-state index contributed by atoms with van der Waals surface area (Å²) in [5.41, 5.74) is 0.729. The highest BCUT2D eigenvalue weighted by atomic mass is 35.5. The summed E-state index contributed by atoms with van der Waals surface area (Å²) in [6.45, 7) is 4.10. The van der Waals surface area contributed by atoms with Crippen LogP contribution in [0.1, 0.15) is 32.3 Å². The molecule has 162 valence electrons.